The average molecular weight is 225 g/mol. The maximum absolute atomic E-state index is 11.6. The molecule has 0 fully saturated rings. The number of hydrogen-bond acceptors (Lipinski definition) is 1. The summed E-state index contributed by atoms with van der Waals surface area (Å²) in [6, 6.07) is 5.61. The van der Waals surface area contributed by atoms with E-state index in [4.69, 9.17) is 11.6 Å². The largest absolute Gasteiger partial charge is 0.294 e. The first kappa shape index (κ1) is 12.3. The van der Waals surface area contributed by atoms with Crippen LogP contribution in [0.1, 0.15) is 50.0 Å². The smallest absolute Gasteiger partial charge is 0.162 e. The van der Waals surface area contributed by atoms with Gasteiger partial charge in [-0.05, 0) is 29.2 Å². The molecule has 0 aromatic heterocycles. The predicted octanol–water partition coefficient (Wildman–Crippen LogP) is 4.23. The highest BCUT2D eigenvalue weighted by Crippen LogP contribution is 2.26. The van der Waals surface area contributed by atoms with Gasteiger partial charge in [-0.3, -0.25) is 4.79 Å². The van der Waals surface area contributed by atoms with E-state index in [2.05, 4.69) is 20.8 Å². The fourth-order valence-corrected chi connectivity index (χ4v) is 1.62. The van der Waals surface area contributed by atoms with Crippen LogP contribution < -0.4 is 0 Å². The molecule has 0 aliphatic heterocycles. The van der Waals surface area contributed by atoms with Crippen LogP contribution in [0.5, 0.6) is 0 Å². The minimum atomic E-state index is 0.0215. The molecule has 1 aromatic carbocycles. The van der Waals surface area contributed by atoms with E-state index in [9.17, 15) is 4.79 Å². The molecule has 0 atom stereocenters. The summed E-state index contributed by atoms with van der Waals surface area (Å²) in [6.07, 6.45) is 0.518. The van der Waals surface area contributed by atoms with Crippen LogP contribution in [0.15, 0.2) is 18.2 Å². The third-order valence-corrected chi connectivity index (χ3v) is 2.63. The first-order valence-electron chi connectivity index (χ1n) is 5.19. The van der Waals surface area contributed by atoms with Gasteiger partial charge in [0.25, 0.3) is 0 Å². The molecule has 0 amide bonds. The van der Waals surface area contributed by atoms with E-state index in [0.29, 0.717) is 11.4 Å². The zero-order valence-corrected chi connectivity index (χ0v) is 10.5. The minimum absolute atomic E-state index is 0.0215. The van der Waals surface area contributed by atoms with E-state index in [1.807, 2.05) is 19.1 Å². The van der Waals surface area contributed by atoms with Gasteiger partial charge in [-0.1, -0.05) is 39.3 Å². The molecular formula is C13H17ClO. The van der Waals surface area contributed by atoms with Crippen molar-refractivity contribution in [2.24, 2.45) is 0 Å². The molecule has 82 valence electrons. The normalized spacial score (nSPS) is 11.5. The Labute approximate surface area is 96.5 Å². The third kappa shape index (κ3) is 3.07. The highest BCUT2D eigenvalue weighted by atomic mass is 35.5. The van der Waals surface area contributed by atoms with Crippen LogP contribution in [-0.2, 0) is 5.41 Å². The molecule has 0 saturated heterocycles. The molecule has 15 heavy (non-hydrogen) atoms. The van der Waals surface area contributed by atoms with E-state index in [-0.39, 0.29) is 11.2 Å². The van der Waals surface area contributed by atoms with Gasteiger partial charge in [0.05, 0.1) is 0 Å². The molecular weight excluding hydrogens is 208 g/mol. The number of hydrogen-bond donors (Lipinski definition) is 0. The number of carbonyl (C=O) groups excluding carboxylic acids is 1. The maximum Gasteiger partial charge on any atom is 0.162 e. The molecule has 2 heteroatoms. The standard InChI is InChI=1S/C13H17ClO/c1-5-12(15)9-6-10(13(2,3)4)8-11(14)7-9/h6-8H,5H2,1-4H3. The maximum atomic E-state index is 11.6. The first-order valence-corrected chi connectivity index (χ1v) is 5.56. The summed E-state index contributed by atoms with van der Waals surface area (Å²) in [7, 11) is 0. The fraction of sp³-hybridized carbons (Fsp3) is 0.462. The van der Waals surface area contributed by atoms with E-state index in [0.717, 1.165) is 11.1 Å². The van der Waals surface area contributed by atoms with Gasteiger partial charge < -0.3 is 0 Å². The molecule has 0 aliphatic rings. The monoisotopic (exact) mass is 224 g/mol. The zero-order chi connectivity index (χ0) is 11.6. The summed E-state index contributed by atoms with van der Waals surface area (Å²) in [6.45, 7) is 8.19. The Morgan fingerprint density at radius 2 is 1.87 bits per heavy atom. The second kappa shape index (κ2) is 4.36. The fourth-order valence-electron chi connectivity index (χ4n) is 1.39. The topological polar surface area (TPSA) is 17.1 Å². The van der Waals surface area contributed by atoms with Gasteiger partial charge in [-0.25, -0.2) is 0 Å². The van der Waals surface area contributed by atoms with E-state index < -0.39 is 0 Å². The van der Waals surface area contributed by atoms with Crippen molar-refractivity contribution < 1.29 is 4.79 Å². The molecule has 1 rings (SSSR count). The van der Waals surface area contributed by atoms with Gasteiger partial charge in [-0.2, -0.15) is 0 Å². The number of benzene rings is 1. The summed E-state index contributed by atoms with van der Waals surface area (Å²) in [5.74, 6) is 0.142. The Balaban J connectivity index is 3.23. The molecule has 0 N–H and O–H groups in total. The number of rotatable bonds is 2. The van der Waals surface area contributed by atoms with Crippen LogP contribution >= 0.6 is 11.6 Å². The van der Waals surface area contributed by atoms with Crippen molar-refractivity contribution in [3.63, 3.8) is 0 Å². The quantitative estimate of drug-likeness (QED) is 0.687. The predicted molar refractivity (Wildman–Crippen MR) is 64.8 cm³/mol. The summed E-state index contributed by atoms with van der Waals surface area (Å²) >= 11 is 6.00. The Bertz CT molecular complexity index is 375. The Hall–Kier alpha value is -0.820. The van der Waals surface area contributed by atoms with Gasteiger partial charge in [0, 0.05) is 17.0 Å². The van der Waals surface area contributed by atoms with Crippen molar-refractivity contribution in [3.05, 3.63) is 34.3 Å². The molecule has 0 spiro atoms. The van der Waals surface area contributed by atoms with Gasteiger partial charge in [0.1, 0.15) is 0 Å². The number of ketones is 1. The second-order valence-electron chi connectivity index (χ2n) is 4.76. The molecule has 0 heterocycles. The van der Waals surface area contributed by atoms with Crippen molar-refractivity contribution in [2.75, 3.05) is 0 Å². The van der Waals surface area contributed by atoms with Gasteiger partial charge in [-0.15, -0.1) is 0 Å². The molecule has 0 radical (unpaired) electrons. The van der Waals surface area contributed by atoms with E-state index >= 15 is 0 Å². The van der Waals surface area contributed by atoms with Crippen LogP contribution in [0, 0.1) is 0 Å². The average Bonchev–Trinajstić information content (AvgIpc) is 2.14. The highest BCUT2D eigenvalue weighted by molar-refractivity contribution is 6.31. The molecule has 0 unspecified atom stereocenters. The molecule has 1 aromatic rings. The molecule has 0 aliphatic carbocycles. The van der Waals surface area contributed by atoms with Crippen molar-refractivity contribution in [2.45, 2.75) is 39.5 Å². The molecule has 1 nitrogen and oxygen atoms in total. The Morgan fingerprint density at radius 3 is 2.33 bits per heavy atom. The SMILES string of the molecule is CCC(=O)c1cc(Cl)cc(C(C)(C)C)c1. The van der Waals surface area contributed by atoms with Crippen LogP contribution in [-0.4, -0.2) is 5.78 Å². The van der Waals surface area contributed by atoms with Gasteiger partial charge in [0.15, 0.2) is 5.78 Å². The zero-order valence-electron chi connectivity index (χ0n) is 9.73. The van der Waals surface area contributed by atoms with E-state index in [1.54, 1.807) is 6.07 Å². The lowest BCUT2D eigenvalue weighted by Gasteiger charge is -2.20. The second-order valence-corrected chi connectivity index (χ2v) is 5.19. The number of carbonyl (C=O) groups is 1. The Morgan fingerprint density at radius 1 is 1.27 bits per heavy atom. The van der Waals surface area contributed by atoms with Gasteiger partial charge in [0.2, 0.25) is 0 Å². The lowest BCUT2D eigenvalue weighted by atomic mass is 9.85. The van der Waals surface area contributed by atoms with Gasteiger partial charge >= 0.3 is 0 Å². The minimum Gasteiger partial charge on any atom is -0.294 e. The van der Waals surface area contributed by atoms with Crippen LogP contribution in [0.25, 0.3) is 0 Å². The molecule has 0 bridgehead atoms. The summed E-state index contributed by atoms with van der Waals surface area (Å²) in [5.41, 5.74) is 1.84. The van der Waals surface area contributed by atoms with Crippen LogP contribution in [0.2, 0.25) is 5.02 Å². The summed E-state index contributed by atoms with van der Waals surface area (Å²) in [5, 5.41) is 0.638. The summed E-state index contributed by atoms with van der Waals surface area (Å²) in [4.78, 5) is 11.6. The van der Waals surface area contributed by atoms with Crippen molar-refractivity contribution in [3.8, 4) is 0 Å². The highest BCUT2D eigenvalue weighted by Gasteiger charge is 2.16. The number of Topliss-reactive ketones (excluding diaryl/α,β-unsaturated/α-hetero) is 1. The third-order valence-electron chi connectivity index (χ3n) is 2.41. The lowest BCUT2D eigenvalue weighted by molar-refractivity contribution is 0.0988. The molecule has 0 saturated carbocycles. The lowest BCUT2D eigenvalue weighted by Crippen LogP contribution is -2.12. The van der Waals surface area contributed by atoms with E-state index in [1.165, 1.54) is 0 Å². The van der Waals surface area contributed by atoms with Crippen molar-refractivity contribution in [1.82, 2.24) is 0 Å². The van der Waals surface area contributed by atoms with Crippen molar-refractivity contribution >= 4 is 17.4 Å². The first-order chi connectivity index (χ1) is 6.84. The van der Waals surface area contributed by atoms with Crippen LogP contribution in [0.3, 0.4) is 0 Å². The summed E-state index contributed by atoms with van der Waals surface area (Å²) < 4.78 is 0. The number of halogens is 1. The van der Waals surface area contributed by atoms with Crippen LogP contribution in [0.4, 0.5) is 0 Å². The van der Waals surface area contributed by atoms with Crippen molar-refractivity contribution in [1.29, 1.82) is 0 Å². The Kier molecular flexibility index (Phi) is 3.56.